The van der Waals surface area contributed by atoms with E-state index in [0.29, 0.717) is 24.4 Å². The van der Waals surface area contributed by atoms with E-state index >= 15 is 0 Å². The second-order valence-electron chi connectivity index (χ2n) is 6.29. The number of hydrazone groups is 1. The summed E-state index contributed by atoms with van der Waals surface area (Å²) in [6, 6.07) is 12.6. The number of benzene rings is 2. The Labute approximate surface area is 158 Å². The van der Waals surface area contributed by atoms with Crippen LogP contribution in [0.25, 0.3) is 0 Å². The fraction of sp³-hybridized carbons (Fsp3) is 0.263. The van der Waals surface area contributed by atoms with Crippen LogP contribution in [-0.2, 0) is 10.0 Å². The van der Waals surface area contributed by atoms with Gasteiger partial charge in [-0.15, -0.1) is 0 Å². The number of nitrogens with zero attached hydrogens (tertiary/aromatic N) is 2. The van der Waals surface area contributed by atoms with Crippen LogP contribution < -0.4 is 5.43 Å². The molecule has 0 atom stereocenters. The van der Waals surface area contributed by atoms with E-state index < -0.39 is 15.9 Å². The van der Waals surface area contributed by atoms with Crippen molar-refractivity contribution in [3.63, 3.8) is 0 Å². The van der Waals surface area contributed by atoms with Gasteiger partial charge in [0, 0.05) is 13.1 Å². The van der Waals surface area contributed by atoms with Crippen molar-refractivity contribution in [3.8, 4) is 5.75 Å². The van der Waals surface area contributed by atoms with E-state index in [-0.39, 0.29) is 16.2 Å². The highest BCUT2D eigenvalue weighted by Gasteiger charge is 2.26. The molecule has 0 unspecified atom stereocenters. The Morgan fingerprint density at radius 1 is 1.07 bits per heavy atom. The second kappa shape index (κ2) is 7.89. The number of nitrogens with one attached hydrogen (secondary N) is 1. The third kappa shape index (κ3) is 4.17. The number of aromatic hydroxyl groups is 1. The van der Waals surface area contributed by atoms with Crippen molar-refractivity contribution in [3.05, 3.63) is 59.7 Å². The lowest BCUT2D eigenvalue weighted by Crippen LogP contribution is -2.27. The van der Waals surface area contributed by atoms with Crippen LogP contribution in [0, 0.1) is 0 Å². The van der Waals surface area contributed by atoms with E-state index in [2.05, 4.69) is 10.5 Å². The Morgan fingerprint density at radius 2 is 1.70 bits per heavy atom. The third-order valence-corrected chi connectivity index (χ3v) is 6.36. The standard InChI is InChI=1S/C19H21N3O4S/c1-14(20-21-19(24)17-6-2-3-7-18(17)23)15-8-10-16(11-9-15)27(25,26)22-12-4-5-13-22/h2-3,6-11,23H,4-5,12-13H2,1H3,(H,21,24)/b20-14+. The minimum atomic E-state index is -3.45. The van der Waals surface area contributed by atoms with Gasteiger partial charge in [-0.3, -0.25) is 4.79 Å². The lowest BCUT2D eigenvalue weighted by molar-refractivity contribution is 0.0952. The number of carbonyl (C=O) groups is 1. The van der Waals surface area contributed by atoms with Crippen LogP contribution in [0.4, 0.5) is 0 Å². The molecule has 8 heteroatoms. The highest BCUT2D eigenvalue weighted by molar-refractivity contribution is 7.89. The van der Waals surface area contributed by atoms with E-state index in [4.69, 9.17) is 0 Å². The van der Waals surface area contributed by atoms with E-state index in [0.717, 1.165) is 12.8 Å². The van der Waals surface area contributed by atoms with Gasteiger partial charge in [-0.1, -0.05) is 24.3 Å². The summed E-state index contributed by atoms with van der Waals surface area (Å²) in [5, 5.41) is 13.7. The minimum Gasteiger partial charge on any atom is -0.507 e. The molecule has 1 fully saturated rings. The van der Waals surface area contributed by atoms with Crippen molar-refractivity contribution in [2.45, 2.75) is 24.7 Å². The summed E-state index contributed by atoms with van der Waals surface area (Å²) in [6.45, 7) is 2.82. The van der Waals surface area contributed by atoms with Crippen LogP contribution in [0.1, 0.15) is 35.7 Å². The number of phenolic OH excluding ortho intramolecular Hbond substituents is 1. The molecule has 3 rings (SSSR count). The molecule has 1 aliphatic rings. The average molecular weight is 387 g/mol. The quantitative estimate of drug-likeness (QED) is 0.608. The number of hydrogen-bond donors (Lipinski definition) is 2. The fourth-order valence-corrected chi connectivity index (χ4v) is 4.39. The van der Waals surface area contributed by atoms with Crippen LogP contribution in [0.2, 0.25) is 0 Å². The Morgan fingerprint density at radius 3 is 2.33 bits per heavy atom. The van der Waals surface area contributed by atoms with Gasteiger partial charge in [-0.05, 0) is 49.6 Å². The predicted molar refractivity (Wildman–Crippen MR) is 102 cm³/mol. The molecule has 0 saturated carbocycles. The highest BCUT2D eigenvalue weighted by atomic mass is 32.2. The van der Waals surface area contributed by atoms with Crippen LogP contribution in [0.15, 0.2) is 58.5 Å². The molecule has 1 heterocycles. The van der Waals surface area contributed by atoms with E-state index in [9.17, 15) is 18.3 Å². The maximum absolute atomic E-state index is 12.5. The highest BCUT2D eigenvalue weighted by Crippen LogP contribution is 2.21. The number of phenols is 1. The van der Waals surface area contributed by atoms with Crippen LogP contribution >= 0.6 is 0 Å². The maximum Gasteiger partial charge on any atom is 0.275 e. The molecule has 1 aliphatic heterocycles. The smallest absolute Gasteiger partial charge is 0.275 e. The molecule has 142 valence electrons. The van der Waals surface area contributed by atoms with Crippen molar-refractivity contribution >= 4 is 21.6 Å². The fourth-order valence-electron chi connectivity index (χ4n) is 2.87. The second-order valence-corrected chi connectivity index (χ2v) is 8.23. The predicted octanol–water partition coefficient (Wildman–Crippen LogP) is 2.33. The number of carbonyl (C=O) groups excluding carboxylic acids is 1. The summed E-state index contributed by atoms with van der Waals surface area (Å²) in [5.41, 5.74) is 3.72. The number of para-hydroxylation sites is 1. The average Bonchev–Trinajstić information content (AvgIpc) is 3.22. The SMILES string of the molecule is C/C(=N\NC(=O)c1ccccc1O)c1ccc(S(=O)(=O)N2CCCC2)cc1. The summed E-state index contributed by atoms with van der Waals surface area (Å²) in [6.07, 6.45) is 1.78. The molecular weight excluding hydrogens is 366 g/mol. The first-order valence-corrected chi connectivity index (χ1v) is 10.1. The summed E-state index contributed by atoms with van der Waals surface area (Å²) in [5.74, 6) is -0.653. The monoisotopic (exact) mass is 387 g/mol. The van der Waals surface area contributed by atoms with Crippen LogP contribution in [0.3, 0.4) is 0 Å². The van der Waals surface area contributed by atoms with E-state index in [1.807, 2.05) is 0 Å². The first-order chi connectivity index (χ1) is 12.9. The van der Waals surface area contributed by atoms with Gasteiger partial charge < -0.3 is 5.11 Å². The maximum atomic E-state index is 12.5. The molecule has 27 heavy (non-hydrogen) atoms. The van der Waals surface area contributed by atoms with Crippen molar-refractivity contribution in [2.24, 2.45) is 5.10 Å². The zero-order valence-corrected chi connectivity index (χ0v) is 15.7. The van der Waals surface area contributed by atoms with E-state index in [1.165, 1.54) is 16.4 Å². The van der Waals surface area contributed by atoms with Gasteiger partial charge in [0.15, 0.2) is 0 Å². The molecule has 2 aromatic carbocycles. The molecule has 0 aromatic heterocycles. The topological polar surface area (TPSA) is 99.1 Å². The molecule has 0 radical (unpaired) electrons. The van der Waals surface area contributed by atoms with Gasteiger partial charge in [-0.25, -0.2) is 13.8 Å². The summed E-state index contributed by atoms with van der Waals surface area (Å²) < 4.78 is 26.6. The van der Waals surface area contributed by atoms with Crippen molar-refractivity contribution in [1.82, 2.24) is 9.73 Å². The molecule has 1 saturated heterocycles. The lowest BCUT2D eigenvalue weighted by atomic mass is 10.1. The molecule has 1 amide bonds. The number of hydrogen-bond acceptors (Lipinski definition) is 5. The Hall–Kier alpha value is -2.71. The number of rotatable bonds is 5. The molecule has 2 aromatic rings. The number of amides is 1. The molecule has 0 spiro atoms. The van der Waals surface area contributed by atoms with Gasteiger partial charge in [-0.2, -0.15) is 9.41 Å². The summed E-state index contributed by atoms with van der Waals surface area (Å²) >= 11 is 0. The molecule has 0 bridgehead atoms. The van der Waals surface area contributed by atoms with Crippen LogP contribution in [-0.4, -0.2) is 42.5 Å². The van der Waals surface area contributed by atoms with Gasteiger partial charge in [0.1, 0.15) is 5.75 Å². The summed E-state index contributed by atoms with van der Waals surface area (Å²) in [7, 11) is -3.45. The van der Waals surface area contributed by atoms with E-state index in [1.54, 1.807) is 43.3 Å². The number of sulfonamides is 1. The van der Waals surface area contributed by atoms with Gasteiger partial charge in [0.05, 0.1) is 16.2 Å². The molecule has 2 N–H and O–H groups in total. The minimum absolute atomic E-state index is 0.126. The summed E-state index contributed by atoms with van der Waals surface area (Å²) in [4.78, 5) is 12.3. The Kier molecular flexibility index (Phi) is 5.57. The normalized spacial score (nSPS) is 15.7. The molecule has 7 nitrogen and oxygen atoms in total. The Balaban J connectivity index is 1.72. The van der Waals surface area contributed by atoms with Crippen molar-refractivity contribution in [2.75, 3.05) is 13.1 Å². The van der Waals surface area contributed by atoms with Crippen molar-refractivity contribution in [1.29, 1.82) is 0 Å². The first-order valence-electron chi connectivity index (χ1n) is 8.63. The third-order valence-electron chi connectivity index (χ3n) is 4.45. The Bertz CT molecular complexity index is 963. The largest absolute Gasteiger partial charge is 0.507 e. The first kappa shape index (κ1) is 19.1. The van der Waals surface area contributed by atoms with Gasteiger partial charge in [0.25, 0.3) is 5.91 Å². The zero-order chi connectivity index (χ0) is 19.4. The zero-order valence-electron chi connectivity index (χ0n) is 14.9. The molecular formula is C19H21N3O4S. The lowest BCUT2D eigenvalue weighted by Gasteiger charge is -2.15. The van der Waals surface area contributed by atoms with Crippen molar-refractivity contribution < 1.29 is 18.3 Å². The van der Waals surface area contributed by atoms with Crippen LogP contribution in [0.5, 0.6) is 5.75 Å². The molecule has 0 aliphatic carbocycles. The van der Waals surface area contributed by atoms with Gasteiger partial charge >= 0.3 is 0 Å². The van der Waals surface area contributed by atoms with Gasteiger partial charge in [0.2, 0.25) is 10.0 Å².